The number of methoxy groups -OCH3 is 2. The van der Waals surface area contributed by atoms with Gasteiger partial charge in [0.2, 0.25) is 0 Å². The third kappa shape index (κ3) is 4.82. The third-order valence-electron chi connectivity index (χ3n) is 2.81. The zero-order valence-electron chi connectivity index (χ0n) is 12.0. The van der Waals surface area contributed by atoms with Crippen LogP contribution >= 0.6 is 0 Å². The summed E-state index contributed by atoms with van der Waals surface area (Å²) in [5.41, 5.74) is 0.380. The number of esters is 1. The normalized spacial score (nSPS) is 13.3. The highest BCUT2D eigenvalue weighted by Gasteiger charge is 2.19. The molecule has 1 aromatic carbocycles. The van der Waals surface area contributed by atoms with E-state index in [1.807, 2.05) is 0 Å². The van der Waals surface area contributed by atoms with Crippen LogP contribution < -0.4 is 4.74 Å². The highest BCUT2D eigenvalue weighted by Crippen LogP contribution is 2.28. The standard InChI is InChI=1S/C13H17NO6S/c1-9(13(15)20-3)7-21(18)8-10-4-5-12(19-2)11(6-10)14(16)17/h4-6,9H,7-8H2,1-3H3. The van der Waals surface area contributed by atoms with Gasteiger partial charge in [-0.1, -0.05) is 13.0 Å². The maximum Gasteiger partial charge on any atom is 0.311 e. The molecule has 1 rings (SSSR count). The first-order chi connectivity index (χ1) is 9.88. The SMILES string of the molecule is COC(=O)C(C)CS(=O)Cc1ccc(OC)c([N+](=O)[O-])c1. The third-order valence-corrected chi connectivity index (χ3v) is 4.33. The van der Waals surface area contributed by atoms with Gasteiger partial charge in [0.25, 0.3) is 0 Å². The first-order valence-corrected chi connectivity index (χ1v) is 7.62. The van der Waals surface area contributed by atoms with E-state index >= 15 is 0 Å². The largest absolute Gasteiger partial charge is 0.490 e. The average Bonchev–Trinajstić information content (AvgIpc) is 2.45. The molecular formula is C13H17NO6S. The van der Waals surface area contributed by atoms with E-state index in [0.29, 0.717) is 5.56 Å². The number of nitro benzene ring substituents is 1. The molecule has 2 atom stereocenters. The Kier molecular flexibility index (Phi) is 6.29. The van der Waals surface area contributed by atoms with Gasteiger partial charge in [-0.2, -0.15) is 0 Å². The van der Waals surface area contributed by atoms with Gasteiger partial charge in [-0.15, -0.1) is 0 Å². The van der Waals surface area contributed by atoms with E-state index in [1.165, 1.54) is 26.4 Å². The van der Waals surface area contributed by atoms with E-state index in [0.717, 1.165) is 0 Å². The van der Waals surface area contributed by atoms with Gasteiger partial charge in [-0.3, -0.25) is 19.1 Å². The van der Waals surface area contributed by atoms with Crippen LogP contribution in [0.5, 0.6) is 5.75 Å². The van der Waals surface area contributed by atoms with Crippen molar-refractivity contribution < 1.29 is 23.4 Å². The molecule has 0 spiro atoms. The van der Waals surface area contributed by atoms with Gasteiger partial charge in [-0.05, 0) is 11.6 Å². The van der Waals surface area contributed by atoms with Crippen LogP contribution in [0.3, 0.4) is 0 Å². The fourth-order valence-corrected chi connectivity index (χ4v) is 3.12. The summed E-state index contributed by atoms with van der Waals surface area (Å²) in [7, 11) is 1.30. The minimum absolute atomic E-state index is 0.131. The molecule has 0 fully saturated rings. The van der Waals surface area contributed by atoms with Crippen LogP contribution in [0.4, 0.5) is 5.69 Å². The zero-order chi connectivity index (χ0) is 16.0. The predicted octanol–water partition coefficient (Wildman–Crippen LogP) is 1.66. The average molecular weight is 315 g/mol. The lowest BCUT2D eigenvalue weighted by molar-refractivity contribution is -0.385. The van der Waals surface area contributed by atoms with Crippen LogP contribution in [0, 0.1) is 16.0 Å². The van der Waals surface area contributed by atoms with Gasteiger partial charge in [0.05, 0.1) is 25.1 Å². The monoisotopic (exact) mass is 315 g/mol. The number of carbonyl (C=O) groups is 1. The van der Waals surface area contributed by atoms with E-state index in [-0.39, 0.29) is 22.9 Å². The Hall–Kier alpha value is -1.96. The summed E-state index contributed by atoms with van der Waals surface area (Å²) in [4.78, 5) is 21.6. The molecule has 0 aliphatic rings. The highest BCUT2D eigenvalue weighted by atomic mass is 32.2. The molecule has 0 bridgehead atoms. The van der Waals surface area contributed by atoms with Gasteiger partial charge >= 0.3 is 11.7 Å². The summed E-state index contributed by atoms with van der Waals surface area (Å²) in [5, 5.41) is 10.9. The minimum atomic E-state index is -1.32. The Balaban J connectivity index is 2.79. The second kappa shape index (κ2) is 7.72. The van der Waals surface area contributed by atoms with Crippen LogP contribution in [-0.2, 0) is 26.1 Å². The van der Waals surface area contributed by atoms with Crippen molar-refractivity contribution in [1.29, 1.82) is 0 Å². The summed E-state index contributed by atoms with van der Waals surface area (Å²) >= 11 is 0. The number of carbonyl (C=O) groups excluding carboxylic acids is 1. The molecule has 0 aliphatic heterocycles. The van der Waals surface area contributed by atoms with Crippen molar-refractivity contribution in [3.05, 3.63) is 33.9 Å². The van der Waals surface area contributed by atoms with Gasteiger partial charge in [0, 0.05) is 28.4 Å². The number of hydrogen-bond donors (Lipinski definition) is 0. The Morgan fingerprint density at radius 3 is 2.62 bits per heavy atom. The van der Waals surface area contributed by atoms with Crippen molar-refractivity contribution in [1.82, 2.24) is 0 Å². The van der Waals surface area contributed by atoms with E-state index in [1.54, 1.807) is 13.0 Å². The second-order valence-corrected chi connectivity index (χ2v) is 5.94. The molecule has 0 saturated heterocycles. The maximum absolute atomic E-state index is 12.0. The number of rotatable bonds is 7. The predicted molar refractivity (Wildman–Crippen MR) is 77.5 cm³/mol. The fourth-order valence-electron chi connectivity index (χ4n) is 1.76. The van der Waals surface area contributed by atoms with Crippen molar-refractivity contribution in [2.75, 3.05) is 20.0 Å². The van der Waals surface area contributed by atoms with Crippen LogP contribution in [0.1, 0.15) is 12.5 Å². The second-order valence-electron chi connectivity index (χ2n) is 4.44. The van der Waals surface area contributed by atoms with Crippen molar-refractivity contribution in [3.63, 3.8) is 0 Å². The smallest absolute Gasteiger partial charge is 0.311 e. The Morgan fingerprint density at radius 1 is 1.43 bits per heavy atom. The molecule has 7 nitrogen and oxygen atoms in total. The molecule has 0 aromatic heterocycles. The van der Waals surface area contributed by atoms with Crippen molar-refractivity contribution >= 4 is 22.5 Å². The summed E-state index contributed by atoms with van der Waals surface area (Å²) in [6.45, 7) is 1.63. The first kappa shape index (κ1) is 17.1. The summed E-state index contributed by atoms with van der Waals surface area (Å²) < 4.78 is 21.4. The molecule has 0 amide bonds. The van der Waals surface area contributed by atoms with Crippen LogP contribution in [0.25, 0.3) is 0 Å². The van der Waals surface area contributed by atoms with E-state index < -0.39 is 27.6 Å². The Labute approximate surface area is 124 Å². The van der Waals surface area contributed by atoms with Crippen LogP contribution in [0.15, 0.2) is 18.2 Å². The minimum Gasteiger partial charge on any atom is -0.490 e. The molecule has 8 heteroatoms. The van der Waals surface area contributed by atoms with Gasteiger partial charge in [-0.25, -0.2) is 0 Å². The number of nitro groups is 1. The van der Waals surface area contributed by atoms with Crippen molar-refractivity contribution in [2.24, 2.45) is 5.92 Å². The van der Waals surface area contributed by atoms with Crippen molar-refractivity contribution in [3.8, 4) is 5.75 Å². The molecule has 2 unspecified atom stereocenters. The molecule has 21 heavy (non-hydrogen) atoms. The number of ether oxygens (including phenoxy) is 2. The van der Waals surface area contributed by atoms with Crippen LogP contribution in [-0.4, -0.2) is 35.1 Å². The Morgan fingerprint density at radius 2 is 2.10 bits per heavy atom. The van der Waals surface area contributed by atoms with E-state index in [9.17, 15) is 19.1 Å². The molecule has 0 heterocycles. The van der Waals surface area contributed by atoms with E-state index in [4.69, 9.17) is 4.74 Å². The molecule has 0 saturated carbocycles. The first-order valence-electron chi connectivity index (χ1n) is 6.13. The van der Waals surface area contributed by atoms with Crippen LogP contribution in [0.2, 0.25) is 0 Å². The number of hydrogen-bond acceptors (Lipinski definition) is 6. The molecule has 1 aromatic rings. The lowest BCUT2D eigenvalue weighted by atomic mass is 10.2. The topological polar surface area (TPSA) is 95.7 Å². The molecule has 116 valence electrons. The lowest BCUT2D eigenvalue weighted by Crippen LogP contribution is -2.20. The highest BCUT2D eigenvalue weighted by molar-refractivity contribution is 7.84. The summed E-state index contributed by atoms with van der Waals surface area (Å²) in [6, 6.07) is 4.42. The molecule has 0 aliphatic carbocycles. The van der Waals surface area contributed by atoms with E-state index in [2.05, 4.69) is 4.74 Å². The Bertz CT molecular complexity index is 560. The lowest BCUT2D eigenvalue weighted by Gasteiger charge is -2.09. The maximum atomic E-state index is 12.0. The number of nitrogens with zero attached hydrogens (tertiary/aromatic N) is 1. The van der Waals surface area contributed by atoms with Crippen molar-refractivity contribution in [2.45, 2.75) is 12.7 Å². The molecule has 0 radical (unpaired) electrons. The summed E-state index contributed by atoms with van der Waals surface area (Å²) in [5.74, 6) is -0.482. The fraction of sp³-hybridized carbons (Fsp3) is 0.462. The molecular weight excluding hydrogens is 298 g/mol. The zero-order valence-corrected chi connectivity index (χ0v) is 12.8. The van der Waals surface area contributed by atoms with Gasteiger partial charge in [0.1, 0.15) is 0 Å². The quantitative estimate of drug-likeness (QED) is 0.431. The molecule has 0 N–H and O–H groups in total. The number of benzene rings is 1. The summed E-state index contributed by atoms with van der Waals surface area (Å²) in [6.07, 6.45) is 0. The van der Waals surface area contributed by atoms with Gasteiger partial charge in [0.15, 0.2) is 5.75 Å². The van der Waals surface area contributed by atoms with Gasteiger partial charge < -0.3 is 9.47 Å².